The summed E-state index contributed by atoms with van der Waals surface area (Å²) >= 11 is 0. The summed E-state index contributed by atoms with van der Waals surface area (Å²) in [6.45, 7) is 5.98. The fraction of sp³-hybridized carbons (Fsp3) is 0.400. The van der Waals surface area contributed by atoms with Gasteiger partial charge in [0.2, 0.25) is 5.95 Å². The van der Waals surface area contributed by atoms with Gasteiger partial charge in [0.05, 0.1) is 18.0 Å². The first kappa shape index (κ1) is 15.2. The molecule has 0 aliphatic carbocycles. The summed E-state index contributed by atoms with van der Waals surface area (Å²) in [5.41, 5.74) is 1.52. The molecule has 0 aliphatic heterocycles. The van der Waals surface area contributed by atoms with Crippen molar-refractivity contribution in [1.82, 2.24) is 15.0 Å². The molecule has 2 rings (SSSR count). The van der Waals surface area contributed by atoms with Crippen LogP contribution in [0.4, 0.5) is 11.8 Å². The fourth-order valence-electron chi connectivity index (χ4n) is 1.79. The van der Waals surface area contributed by atoms with Crippen LogP contribution in [0.3, 0.4) is 0 Å². The summed E-state index contributed by atoms with van der Waals surface area (Å²) in [5, 5.41) is 15.5. The molecule has 0 spiro atoms. The number of nitrogens with zero attached hydrogens (tertiary/aromatic N) is 3. The minimum Gasteiger partial charge on any atom is -0.394 e. The van der Waals surface area contributed by atoms with Crippen LogP contribution in [-0.2, 0) is 0 Å². The molecule has 0 bridgehead atoms. The lowest BCUT2D eigenvalue weighted by Gasteiger charge is -2.15. The first-order valence-electron chi connectivity index (χ1n) is 7.03. The van der Waals surface area contributed by atoms with E-state index < -0.39 is 0 Å². The van der Waals surface area contributed by atoms with Gasteiger partial charge in [-0.2, -0.15) is 4.98 Å². The Morgan fingerprint density at radius 2 is 1.90 bits per heavy atom. The zero-order chi connectivity index (χ0) is 15.2. The van der Waals surface area contributed by atoms with Gasteiger partial charge in [-0.25, -0.2) is 4.98 Å². The van der Waals surface area contributed by atoms with Crippen molar-refractivity contribution >= 4 is 11.8 Å². The number of hydrogen-bond donors (Lipinski definition) is 3. The van der Waals surface area contributed by atoms with E-state index in [2.05, 4.69) is 25.6 Å². The SMILES string of the molecule is CC(C)Nc1cc(-c2ccccn2)nc(N[C@@H](C)CO)n1. The van der Waals surface area contributed by atoms with E-state index in [4.69, 9.17) is 5.11 Å². The molecular formula is C15H21N5O. The van der Waals surface area contributed by atoms with Gasteiger partial charge in [0, 0.05) is 24.3 Å². The van der Waals surface area contributed by atoms with Gasteiger partial charge < -0.3 is 15.7 Å². The molecule has 6 nitrogen and oxygen atoms in total. The number of aliphatic hydroxyl groups is 1. The van der Waals surface area contributed by atoms with Crippen LogP contribution in [0.1, 0.15) is 20.8 Å². The van der Waals surface area contributed by atoms with Crippen molar-refractivity contribution in [2.24, 2.45) is 0 Å². The number of hydrogen-bond acceptors (Lipinski definition) is 6. The molecule has 112 valence electrons. The minimum absolute atomic E-state index is 0.0180. The maximum atomic E-state index is 9.15. The maximum Gasteiger partial charge on any atom is 0.225 e. The van der Waals surface area contributed by atoms with E-state index in [1.807, 2.05) is 45.0 Å². The molecule has 0 amide bonds. The van der Waals surface area contributed by atoms with Gasteiger partial charge in [0.15, 0.2) is 0 Å². The average molecular weight is 287 g/mol. The maximum absolute atomic E-state index is 9.15. The van der Waals surface area contributed by atoms with Crippen LogP contribution in [0.2, 0.25) is 0 Å². The van der Waals surface area contributed by atoms with Gasteiger partial charge in [0.25, 0.3) is 0 Å². The molecule has 0 saturated carbocycles. The normalized spacial score (nSPS) is 12.2. The Kier molecular flexibility index (Phi) is 5.05. The van der Waals surface area contributed by atoms with E-state index in [9.17, 15) is 0 Å². The Morgan fingerprint density at radius 3 is 2.52 bits per heavy atom. The molecule has 0 saturated heterocycles. The summed E-state index contributed by atoms with van der Waals surface area (Å²) in [6, 6.07) is 7.71. The molecule has 0 aromatic carbocycles. The van der Waals surface area contributed by atoms with Crippen LogP contribution in [0.25, 0.3) is 11.4 Å². The number of aliphatic hydroxyl groups excluding tert-OH is 1. The number of rotatable bonds is 6. The molecule has 3 N–H and O–H groups in total. The quantitative estimate of drug-likeness (QED) is 0.755. The molecule has 21 heavy (non-hydrogen) atoms. The van der Waals surface area contributed by atoms with Crippen LogP contribution in [0, 0.1) is 0 Å². The Labute approximate surface area is 124 Å². The van der Waals surface area contributed by atoms with Crippen molar-refractivity contribution in [2.45, 2.75) is 32.9 Å². The largest absolute Gasteiger partial charge is 0.394 e. The third kappa shape index (κ3) is 4.39. The zero-order valence-electron chi connectivity index (χ0n) is 12.5. The monoisotopic (exact) mass is 287 g/mol. The van der Waals surface area contributed by atoms with E-state index in [0.29, 0.717) is 5.95 Å². The smallest absolute Gasteiger partial charge is 0.225 e. The summed E-state index contributed by atoms with van der Waals surface area (Å²) in [6.07, 6.45) is 1.73. The summed E-state index contributed by atoms with van der Waals surface area (Å²) < 4.78 is 0. The van der Waals surface area contributed by atoms with E-state index in [0.717, 1.165) is 17.2 Å². The molecule has 2 heterocycles. The van der Waals surface area contributed by atoms with Gasteiger partial charge in [-0.15, -0.1) is 0 Å². The molecule has 1 atom stereocenters. The highest BCUT2D eigenvalue weighted by Crippen LogP contribution is 2.20. The van der Waals surface area contributed by atoms with Crippen LogP contribution < -0.4 is 10.6 Å². The topological polar surface area (TPSA) is 83.0 Å². The Balaban J connectivity index is 2.37. The standard InChI is InChI=1S/C15H21N5O/c1-10(2)17-14-8-13(12-6-4-5-7-16-12)19-15(20-14)18-11(3)9-21/h4-8,10-11,21H,9H2,1-3H3,(H2,17,18,19,20)/t11-/m0/s1. The van der Waals surface area contributed by atoms with Crippen LogP contribution >= 0.6 is 0 Å². The molecule has 2 aromatic heterocycles. The van der Waals surface area contributed by atoms with Gasteiger partial charge in [-0.1, -0.05) is 6.07 Å². The highest BCUT2D eigenvalue weighted by atomic mass is 16.3. The highest BCUT2D eigenvalue weighted by molar-refractivity contribution is 5.61. The Bertz CT molecular complexity index is 574. The van der Waals surface area contributed by atoms with Crippen LogP contribution in [0.15, 0.2) is 30.5 Å². The number of aromatic nitrogens is 3. The molecule has 6 heteroatoms. The van der Waals surface area contributed by atoms with Gasteiger partial charge in [0.1, 0.15) is 5.82 Å². The predicted octanol–water partition coefficient (Wildman–Crippen LogP) is 2.15. The van der Waals surface area contributed by atoms with E-state index in [-0.39, 0.29) is 18.7 Å². The average Bonchev–Trinajstić information content (AvgIpc) is 2.47. The van der Waals surface area contributed by atoms with Gasteiger partial charge in [-0.3, -0.25) is 4.98 Å². The van der Waals surface area contributed by atoms with Crippen molar-refractivity contribution in [1.29, 1.82) is 0 Å². The summed E-state index contributed by atoms with van der Waals surface area (Å²) in [7, 11) is 0. The number of pyridine rings is 1. The fourth-order valence-corrected chi connectivity index (χ4v) is 1.79. The second kappa shape index (κ2) is 6.99. The number of nitrogens with one attached hydrogen (secondary N) is 2. The molecule has 0 fully saturated rings. The lowest BCUT2D eigenvalue weighted by molar-refractivity contribution is 0.281. The predicted molar refractivity (Wildman–Crippen MR) is 84.2 cm³/mol. The molecule has 0 unspecified atom stereocenters. The summed E-state index contributed by atoms with van der Waals surface area (Å²) in [4.78, 5) is 13.2. The highest BCUT2D eigenvalue weighted by Gasteiger charge is 2.10. The van der Waals surface area contributed by atoms with E-state index in [1.54, 1.807) is 6.20 Å². The lowest BCUT2D eigenvalue weighted by atomic mass is 10.2. The van der Waals surface area contributed by atoms with Gasteiger partial charge in [-0.05, 0) is 32.9 Å². The van der Waals surface area contributed by atoms with Crippen LogP contribution in [0.5, 0.6) is 0 Å². The third-order valence-electron chi connectivity index (χ3n) is 2.74. The molecule has 0 aliphatic rings. The van der Waals surface area contributed by atoms with Crippen LogP contribution in [-0.4, -0.2) is 38.7 Å². The zero-order valence-corrected chi connectivity index (χ0v) is 12.5. The molecule has 2 aromatic rings. The van der Waals surface area contributed by atoms with E-state index >= 15 is 0 Å². The second-order valence-electron chi connectivity index (χ2n) is 5.20. The van der Waals surface area contributed by atoms with Crippen molar-refractivity contribution in [2.75, 3.05) is 17.2 Å². The summed E-state index contributed by atoms with van der Waals surface area (Å²) in [5.74, 6) is 1.20. The molecule has 0 radical (unpaired) electrons. The van der Waals surface area contributed by atoms with Crippen molar-refractivity contribution in [3.05, 3.63) is 30.5 Å². The first-order chi connectivity index (χ1) is 10.1. The second-order valence-corrected chi connectivity index (χ2v) is 5.20. The molecular weight excluding hydrogens is 266 g/mol. The number of anilines is 2. The van der Waals surface area contributed by atoms with E-state index in [1.165, 1.54) is 0 Å². The lowest BCUT2D eigenvalue weighted by Crippen LogP contribution is -2.22. The Hall–Kier alpha value is -2.21. The Morgan fingerprint density at radius 1 is 1.10 bits per heavy atom. The third-order valence-corrected chi connectivity index (χ3v) is 2.74. The van der Waals surface area contributed by atoms with Crippen molar-refractivity contribution < 1.29 is 5.11 Å². The minimum atomic E-state index is -0.115. The first-order valence-corrected chi connectivity index (χ1v) is 7.03. The van der Waals surface area contributed by atoms with Crippen molar-refractivity contribution in [3.8, 4) is 11.4 Å². The van der Waals surface area contributed by atoms with Crippen molar-refractivity contribution in [3.63, 3.8) is 0 Å². The van der Waals surface area contributed by atoms with Gasteiger partial charge >= 0.3 is 0 Å².